The summed E-state index contributed by atoms with van der Waals surface area (Å²) in [6.45, 7) is 0.257. The quantitative estimate of drug-likeness (QED) is 0.634. The van der Waals surface area contributed by atoms with Crippen molar-refractivity contribution < 1.29 is 14.8 Å². The number of carbonyl (C=O) groups is 1. The van der Waals surface area contributed by atoms with Gasteiger partial charge in [-0.1, -0.05) is 0 Å². The number of nitrogens with one attached hydrogen (secondary N) is 1. The maximum atomic E-state index is 10.9. The summed E-state index contributed by atoms with van der Waals surface area (Å²) in [4.78, 5) is 25.3. The third-order valence-corrected chi connectivity index (χ3v) is 2.80. The first kappa shape index (κ1) is 13.5. The Balaban J connectivity index is 2.28. The predicted octanol–water partition coefficient (Wildman–Crippen LogP) is 1.64. The van der Waals surface area contributed by atoms with E-state index >= 15 is 0 Å². The average Bonchev–Trinajstić information content (AvgIpc) is 2.81. The van der Waals surface area contributed by atoms with Gasteiger partial charge in [-0.15, -0.1) is 0 Å². The molecule has 104 valence electrons. The molecule has 2 rings (SSSR count). The van der Waals surface area contributed by atoms with Crippen LogP contribution >= 0.6 is 0 Å². The van der Waals surface area contributed by atoms with E-state index in [0.717, 1.165) is 0 Å². The molecule has 1 aromatic heterocycles. The van der Waals surface area contributed by atoms with Gasteiger partial charge in [0.15, 0.2) is 0 Å². The topological polar surface area (TPSA) is 110 Å². The predicted molar refractivity (Wildman–Crippen MR) is 70.6 cm³/mol. The Labute approximate surface area is 113 Å². The molecule has 1 heterocycles. The van der Waals surface area contributed by atoms with Gasteiger partial charge < -0.3 is 15.0 Å². The SMILES string of the molecule is Cn1ccnc1CNc1cc(C(=O)O)ccc1[N+](=O)[O-]. The van der Waals surface area contributed by atoms with E-state index in [1.54, 1.807) is 24.0 Å². The standard InChI is InChI=1S/C12H12N4O4/c1-15-5-4-13-11(15)7-14-9-6-8(12(17)18)2-3-10(9)16(19)20/h2-6,14H,7H2,1H3,(H,17,18). The molecule has 1 aromatic carbocycles. The first-order chi connectivity index (χ1) is 9.49. The van der Waals surface area contributed by atoms with Crippen LogP contribution < -0.4 is 5.32 Å². The molecule has 0 saturated heterocycles. The number of anilines is 1. The number of nitro benzene ring substituents is 1. The monoisotopic (exact) mass is 276 g/mol. The molecule has 8 nitrogen and oxygen atoms in total. The molecule has 0 aliphatic carbocycles. The number of aryl methyl sites for hydroxylation is 1. The van der Waals surface area contributed by atoms with Crippen molar-refractivity contribution in [2.45, 2.75) is 6.54 Å². The minimum Gasteiger partial charge on any atom is -0.478 e. The number of imidazole rings is 1. The summed E-state index contributed by atoms with van der Waals surface area (Å²) < 4.78 is 1.76. The summed E-state index contributed by atoms with van der Waals surface area (Å²) in [5, 5.41) is 22.7. The molecule has 8 heteroatoms. The molecule has 0 amide bonds. The van der Waals surface area contributed by atoms with E-state index in [9.17, 15) is 14.9 Å². The van der Waals surface area contributed by atoms with Crippen molar-refractivity contribution in [2.75, 3.05) is 5.32 Å². The number of hydrogen-bond acceptors (Lipinski definition) is 5. The van der Waals surface area contributed by atoms with E-state index < -0.39 is 10.9 Å². The molecule has 2 N–H and O–H groups in total. The maximum Gasteiger partial charge on any atom is 0.335 e. The van der Waals surface area contributed by atoms with Crippen molar-refractivity contribution in [1.29, 1.82) is 0 Å². The van der Waals surface area contributed by atoms with Crippen LogP contribution in [0.3, 0.4) is 0 Å². The first-order valence-corrected chi connectivity index (χ1v) is 5.71. The second kappa shape index (κ2) is 5.39. The summed E-state index contributed by atoms with van der Waals surface area (Å²) in [6, 6.07) is 3.61. The molecular formula is C12H12N4O4. The zero-order valence-corrected chi connectivity index (χ0v) is 10.6. The summed E-state index contributed by atoms with van der Waals surface area (Å²) in [6.07, 6.45) is 3.36. The van der Waals surface area contributed by atoms with Crippen molar-refractivity contribution in [3.63, 3.8) is 0 Å². The van der Waals surface area contributed by atoms with E-state index in [4.69, 9.17) is 5.11 Å². The number of hydrogen-bond donors (Lipinski definition) is 2. The summed E-state index contributed by atoms with van der Waals surface area (Å²) in [7, 11) is 1.80. The fraction of sp³-hybridized carbons (Fsp3) is 0.167. The highest BCUT2D eigenvalue weighted by Crippen LogP contribution is 2.25. The van der Waals surface area contributed by atoms with Crippen LogP contribution in [0.5, 0.6) is 0 Å². The molecule has 2 aromatic rings. The fourth-order valence-electron chi connectivity index (χ4n) is 1.71. The van der Waals surface area contributed by atoms with Gasteiger partial charge in [0.25, 0.3) is 5.69 Å². The van der Waals surface area contributed by atoms with Gasteiger partial charge in [-0.3, -0.25) is 10.1 Å². The minimum atomic E-state index is -1.14. The molecule has 0 aliphatic heterocycles. The average molecular weight is 276 g/mol. The Morgan fingerprint density at radius 3 is 2.85 bits per heavy atom. The Hall–Kier alpha value is -2.90. The van der Waals surface area contributed by atoms with Crippen molar-refractivity contribution in [1.82, 2.24) is 9.55 Å². The van der Waals surface area contributed by atoms with Crippen LogP contribution in [0, 0.1) is 10.1 Å². The van der Waals surface area contributed by atoms with E-state index in [1.165, 1.54) is 18.2 Å². The third kappa shape index (κ3) is 2.74. The lowest BCUT2D eigenvalue weighted by molar-refractivity contribution is -0.384. The van der Waals surface area contributed by atoms with Gasteiger partial charge in [0.2, 0.25) is 0 Å². The molecule has 0 aliphatic rings. The summed E-state index contributed by atoms with van der Waals surface area (Å²) >= 11 is 0. The van der Waals surface area contributed by atoms with E-state index in [0.29, 0.717) is 5.82 Å². The van der Waals surface area contributed by atoms with Gasteiger partial charge in [0.05, 0.1) is 17.0 Å². The molecule has 0 unspecified atom stereocenters. The fourth-order valence-corrected chi connectivity index (χ4v) is 1.71. The van der Waals surface area contributed by atoms with Crippen molar-refractivity contribution in [3.8, 4) is 0 Å². The molecule has 0 fully saturated rings. The first-order valence-electron chi connectivity index (χ1n) is 5.71. The van der Waals surface area contributed by atoms with Crippen molar-refractivity contribution in [3.05, 3.63) is 52.1 Å². The summed E-state index contributed by atoms with van der Waals surface area (Å²) in [5.74, 6) is -0.458. The van der Waals surface area contributed by atoms with Gasteiger partial charge in [-0.25, -0.2) is 9.78 Å². The number of nitrogens with zero attached hydrogens (tertiary/aromatic N) is 3. The minimum absolute atomic E-state index is 0.0158. The second-order valence-electron chi connectivity index (χ2n) is 4.10. The van der Waals surface area contributed by atoms with E-state index in [1.807, 2.05) is 0 Å². The van der Waals surface area contributed by atoms with Crippen LogP contribution in [0.1, 0.15) is 16.2 Å². The number of carboxylic acid groups (broad SMARTS) is 1. The second-order valence-corrected chi connectivity index (χ2v) is 4.10. The lowest BCUT2D eigenvalue weighted by Gasteiger charge is -2.08. The third-order valence-electron chi connectivity index (χ3n) is 2.80. The van der Waals surface area contributed by atoms with Gasteiger partial charge in [0.1, 0.15) is 11.5 Å². The zero-order chi connectivity index (χ0) is 14.7. The number of aromatic carboxylic acids is 1. The van der Waals surface area contributed by atoms with Crippen molar-refractivity contribution in [2.24, 2.45) is 7.05 Å². The number of carboxylic acids is 1. The molecule has 0 bridgehead atoms. The van der Waals surface area contributed by atoms with Gasteiger partial charge >= 0.3 is 5.97 Å². The number of aromatic nitrogens is 2. The number of benzene rings is 1. The van der Waals surface area contributed by atoms with Crippen molar-refractivity contribution >= 4 is 17.3 Å². The van der Waals surface area contributed by atoms with E-state index in [-0.39, 0.29) is 23.5 Å². The highest BCUT2D eigenvalue weighted by molar-refractivity contribution is 5.90. The Morgan fingerprint density at radius 2 is 2.30 bits per heavy atom. The molecule has 0 radical (unpaired) electrons. The highest BCUT2D eigenvalue weighted by atomic mass is 16.6. The van der Waals surface area contributed by atoms with Crippen LogP contribution in [0.15, 0.2) is 30.6 Å². The maximum absolute atomic E-state index is 10.9. The smallest absolute Gasteiger partial charge is 0.335 e. The molecule has 20 heavy (non-hydrogen) atoms. The van der Waals surface area contributed by atoms with Crippen LogP contribution in [-0.2, 0) is 13.6 Å². The molecular weight excluding hydrogens is 264 g/mol. The van der Waals surface area contributed by atoms with Crippen LogP contribution in [0.4, 0.5) is 11.4 Å². The largest absolute Gasteiger partial charge is 0.478 e. The molecule has 0 saturated carbocycles. The lowest BCUT2D eigenvalue weighted by atomic mass is 10.1. The van der Waals surface area contributed by atoms with Gasteiger partial charge in [0, 0.05) is 25.5 Å². The van der Waals surface area contributed by atoms with Crippen LogP contribution in [0.25, 0.3) is 0 Å². The normalized spacial score (nSPS) is 10.2. The lowest BCUT2D eigenvalue weighted by Crippen LogP contribution is -2.08. The molecule has 0 spiro atoms. The van der Waals surface area contributed by atoms with E-state index in [2.05, 4.69) is 10.3 Å². The highest BCUT2D eigenvalue weighted by Gasteiger charge is 2.16. The Bertz CT molecular complexity index is 665. The Kier molecular flexibility index (Phi) is 3.65. The zero-order valence-electron chi connectivity index (χ0n) is 10.6. The van der Waals surface area contributed by atoms with Crippen LogP contribution in [0.2, 0.25) is 0 Å². The number of nitro groups is 1. The van der Waals surface area contributed by atoms with Gasteiger partial charge in [-0.2, -0.15) is 0 Å². The number of rotatable bonds is 5. The van der Waals surface area contributed by atoms with Crippen LogP contribution in [-0.4, -0.2) is 25.6 Å². The molecule has 0 atom stereocenters. The summed E-state index contributed by atoms with van der Waals surface area (Å²) in [5.41, 5.74) is -0.0416. The Morgan fingerprint density at radius 1 is 1.55 bits per heavy atom. The van der Waals surface area contributed by atoms with Gasteiger partial charge in [-0.05, 0) is 12.1 Å².